The van der Waals surface area contributed by atoms with E-state index in [9.17, 15) is 10.1 Å². The molecule has 0 aliphatic heterocycles. The zero-order valence-electron chi connectivity index (χ0n) is 15.1. The number of anilines is 1. The Morgan fingerprint density at radius 3 is 2.79 bits per heavy atom. The second-order valence-corrected chi connectivity index (χ2v) is 6.01. The van der Waals surface area contributed by atoms with Crippen LogP contribution in [0.1, 0.15) is 12.7 Å². The number of fused-ring (bicyclic) bond motifs is 1. The summed E-state index contributed by atoms with van der Waals surface area (Å²) in [5.74, 6) is 1.51. The number of aryl methyl sites for hydroxylation is 1. The Labute approximate surface area is 160 Å². The predicted molar refractivity (Wildman–Crippen MR) is 107 cm³/mol. The predicted octanol–water partition coefficient (Wildman–Crippen LogP) is 4.67. The summed E-state index contributed by atoms with van der Waals surface area (Å²) in [4.78, 5) is 15.3. The lowest BCUT2D eigenvalue weighted by atomic mass is 10.1. The maximum Gasteiger partial charge on any atom is 0.280 e. The van der Waals surface area contributed by atoms with Gasteiger partial charge < -0.3 is 8.98 Å². The standard InChI is InChI=1S/C20H17N5O3/c1-2-24-18-10-6-4-8-16(18)22-20(24)23-21-13-14-11-12-19(28-14)15-7-3-5-9-17(15)25(26)27/h3-13H,2H2,1H3,(H,22,23)/b21-13-. The van der Waals surface area contributed by atoms with Crippen molar-refractivity contribution in [1.82, 2.24) is 9.55 Å². The highest BCUT2D eigenvalue weighted by atomic mass is 16.6. The molecule has 4 rings (SSSR count). The molecule has 28 heavy (non-hydrogen) atoms. The monoisotopic (exact) mass is 375 g/mol. The lowest BCUT2D eigenvalue weighted by Gasteiger charge is -2.04. The van der Waals surface area contributed by atoms with E-state index in [2.05, 4.69) is 15.5 Å². The molecule has 0 atom stereocenters. The van der Waals surface area contributed by atoms with Gasteiger partial charge in [-0.3, -0.25) is 10.1 Å². The topological polar surface area (TPSA) is 98.5 Å². The summed E-state index contributed by atoms with van der Waals surface area (Å²) in [6.07, 6.45) is 1.51. The van der Waals surface area contributed by atoms with Crippen LogP contribution < -0.4 is 5.43 Å². The molecular formula is C20H17N5O3. The van der Waals surface area contributed by atoms with Crippen LogP contribution in [0.15, 0.2) is 70.2 Å². The molecule has 0 radical (unpaired) electrons. The van der Waals surface area contributed by atoms with E-state index in [-0.39, 0.29) is 5.69 Å². The molecule has 2 aromatic carbocycles. The number of hydrogen-bond acceptors (Lipinski definition) is 6. The normalized spacial score (nSPS) is 11.3. The lowest BCUT2D eigenvalue weighted by molar-refractivity contribution is -0.384. The highest BCUT2D eigenvalue weighted by molar-refractivity contribution is 5.81. The number of aromatic nitrogens is 2. The van der Waals surface area contributed by atoms with Gasteiger partial charge in [0, 0.05) is 12.6 Å². The van der Waals surface area contributed by atoms with Gasteiger partial charge in [-0.05, 0) is 37.3 Å². The van der Waals surface area contributed by atoms with Crippen LogP contribution >= 0.6 is 0 Å². The van der Waals surface area contributed by atoms with Gasteiger partial charge in [-0.15, -0.1) is 0 Å². The van der Waals surface area contributed by atoms with E-state index in [4.69, 9.17) is 4.42 Å². The molecule has 0 fully saturated rings. The Kier molecular flexibility index (Phi) is 4.59. The summed E-state index contributed by atoms with van der Waals surface area (Å²) >= 11 is 0. The summed E-state index contributed by atoms with van der Waals surface area (Å²) in [7, 11) is 0. The molecule has 0 saturated carbocycles. The Balaban J connectivity index is 1.55. The Hall–Kier alpha value is -3.94. The first kappa shape index (κ1) is 17.5. The summed E-state index contributed by atoms with van der Waals surface area (Å²) in [6, 6.07) is 17.7. The first-order chi connectivity index (χ1) is 13.7. The molecule has 8 heteroatoms. The number of para-hydroxylation sites is 3. The smallest absolute Gasteiger partial charge is 0.280 e. The Morgan fingerprint density at radius 2 is 1.96 bits per heavy atom. The van der Waals surface area contributed by atoms with Crippen molar-refractivity contribution in [2.75, 3.05) is 5.43 Å². The van der Waals surface area contributed by atoms with Gasteiger partial charge in [-0.2, -0.15) is 5.10 Å². The largest absolute Gasteiger partial charge is 0.455 e. The highest BCUT2D eigenvalue weighted by Crippen LogP contribution is 2.30. The van der Waals surface area contributed by atoms with Crippen LogP contribution in [0.4, 0.5) is 11.6 Å². The number of rotatable bonds is 6. The van der Waals surface area contributed by atoms with Crippen molar-refractivity contribution in [3.8, 4) is 11.3 Å². The number of hydrogen-bond donors (Lipinski definition) is 1. The van der Waals surface area contributed by atoms with Crippen LogP contribution in [-0.2, 0) is 6.54 Å². The van der Waals surface area contributed by atoms with Crippen LogP contribution in [0, 0.1) is 10.1 Å². The second-order valence-electron chi connectivity index (χ2n) is 6.01. The van der Waals surface area contributed by atoms with E-state index in [1.165, 1.54) is 12.3 Å². The van der Waals surface area contributed by atoms with E-state index in [1.807, 2.05) is 35.8 Å². The Bertz CT molecular complexity index is 1180. The van der Waals surface area contributed by atoms with Gasteiger partial charge in [-0.1, -0.05) is 24.3 Å². The molecule has 4 aromatic rings. The molecule has 0 amide bonds. The molecule has 0 saturated heterocycles. The van der Waals surface area contributed by atoms with Gasteiger partial charge in [0.1, 0.15) is 11.5 Å². The first-order valence-corrected chi connectivity index (χ1v) is 8.75. The van der Waals surface area contributed by atoms with Crippen molar-refractivity contribution in [3.05, 3.63) is 76.5 Å². The fraction of sp³-hybridized carbons (Fsp3) is 0.100. The number of nitro benzene ring substituents is 1. The van der Waals surface area contributed by atoms with Gasteiger partial charge >= 0.3 is 0 Å². The van der Waals surface area contributed by atoms with Gasteiger partial charge in [0.05, 0.1) is 27.7 Å². The number of benzene rings is 2. The van der Waals surface area contributed by atoms with Gasteiger partial charge in [-0.25, -0.2) is 10.4 Å². The van der Waals surface area contributed by atoms with Crippen LogP contribution in [0.2, 0.25) is 0 Å². The maximum absolute atomic E-state index is 11.2. The molecule has 1 N–H and O–H groups in total. The molecule has 0 unspecified atom stereocenters. The molecule has 0 aliphatic rings. The second kappa shape index (κ2) is 7.36. The van der Waals surface area contributed by atoms with Crippen molar-refractivity contribution in [2.24, 2.45) is 5.10 Å². The van der Waals surface area contributed by atoms with Crippen molar-refractivity contribution in [2.45, 2.75) is 13.5 Å². The van der Waals surface area contributed by atoms with Crippen LogP contribution in [-0.4, -0.2) is 20.7 Å². The van der Waals surface area contributed by atoms with E-state index >= 15 is 0 Å². The molecule has 8 nitrogen and oxygen atoms in total. The van der Waals surface area contributed by atoms with E-state index in [1.54, 1.807) is 30.3 Å². The van der Waals surface area contributed by atoms with Gasteiger partial charge in [0.15, 0.2) is 0 Å². The molecular weight excluding hydrogens is 358 g/mol. The molecule has 2 aromatic heterocycles. The number of nitrogens with zero attached hydrogens (tertiary/aromatic N) is 4. The van der Waals surface area contributed by atoms with Crippen molar-refractivity contribution in [1.29, 1.82) is 0 Å². The number of nitro groups is 1. The third-order valence-electron chi connectivity index (χ3n) is 4.32. The third kappa shape index (κ3) is 3.23. The highest BCUT2D eigenvalue weighted by Gasteiger charge is 2.16. The quantitative estimate of drug-likeness (QED) is 0.300. The average molecular weight is 375 g/mol. The number of furan rings is 1. The number of nitrogens with one attached hydrogen (secondary N) is 1. The zero-order valence-corrected chi connectivity index (χ0v) is 15.1. The molecule has 0 spiro atoms. The summed E-state index contributed by atoms with van der Waals surface area (Å²) < 4.78 is 7.71. The van der Waals surface area contributed by atoms with E-state index in [0.717, 1.165) is 17.6 Å². The minimum Gasteiger partial charge on any atom is -0.455 e. The van der Waals surface area contributed by atoms with Gasteiger partial charge in [0.25, 0.3) is 5.69 Å². The van der Waals surface area contributed by atoms with Crippen LogP contribution in [0.3, 0.4) is 0 Å². The van der Waals surface area contributed by atoms with Crippen LogP contribution in [0.5, 0.6) is 0 Å². The minimum absolute atomic E-state index is 0.00451. The van der Waals surface area contributed by atoms with Crippen LogP contribution in [0.25, 0.3) is 22.4 Å². The van der Waals surface area contributed by atoms with Crippen molar-refractivity contribution >= 4 is 28.9 Å². The summed E-state index contributed by atoms with van der Waals surface area (Å²) in [5.41, 5.74) is 5.27. The maximum atomic E-state index is 11.2. The lowest BCUT2D eigenvalue weighted by Crippen LogP contribution is -2.01. The first-order valence-electron chi connectivity index (χ1n) is 8.75. The molecule has 2 heterocycles. The summed E-state index contributed by atoms with van der Waals surface area (Å²) in [6.45, 7) is 2.79. The summed E-state index contributed by atoms with van der Waals surface area (Å²) in [5, 5.41) is 15.4. The molecule has 0 aliphatic carbocycles. The third-order valence-corrected chi connectivity index (χ3v) is 4.32. The zero-order chi connectivity index (χ0) is 19.5. The SMILES string of the molecule is CCn1c(N/N=C\c2ccc(-c3ccccc3[N+](=O)[O-])o2)nc2ccccc21. The number of imidazole rings is 1. The van der Waals surface area contributed by atoms with Crippen molar-refractivity contribution < 1.29 is 9.34 Å². The van der Waals surface area contributed by atoms with E-state index in [0.29, 0.717) is 23.0 Å². The van der Waals surface area contributed by atoms with Crippen molar-refractivity contribution in [3.63, 3.8) is 0 Å². The fourth-order valence-electron chi connectivity index (χ4n) is 3.04. The minimum atomic E-state index is -0.428. The number of hydrazone groups is 1. The fourth-order valence-corrected chi connectivity index (χ4v) is 3.04. The van der Waals surface area contributed by atoms with E-state index < -0.39 is 4.92 Å². The molecule has 0 bridgehead atoms. The Morgan fingerprint density at radius 1 is 1.18 bits per heavy atom. The average Bonchev–Trinajstić information content (AvgIpc) is 3.32. The van der Waals surface area contributed by atoms with Gasteiger partial charge in [0.2, 0.25) is 5.95 Å². The molecule has 140 valence electrons.